The number of carbonyl (C=O) groups is 1. The zero-order chi connectivity index (χ0) is 23.3. The fourth-order valence-corrected chi connectivity index (χ4v) is 4.25. The summed E-state index contributed by atoms with van der Waals surface area (Å²) in [5.74, 6) is 2.33. The average molecular weight is 459 g/mol. The van der Waals surface area contributed by atoms with Gasteiger partial charge in [-0.05, 0) is 47.6 Å². The maximum atomic E-state index is 10.6. The number of rotatable bonds is 8. The van der Waals surface area contributed by atoms with Crippen molar-refractivity contribution in [1.29, 1.82) is 0 Å². The number of thioether (sulfide) groups is 1. The van der Waals surface area contributed by atoms with Crippen LogP contribution in [0, 0.1) is 12.3 Å². The third-order valence-corrected chi connectivity index (χ3v) is 6.17. The van der Waals surface area contributed by atoms with Crippen molar-refractivity contribution in [1.82, 2.24) is 0 Å². The van der Waals surface area contributed by atoms with E-state index in [2.05, 4.69) is 5.92 Å². The number of aliphatic carboxylic acids is 1. The van der Waals surface area contributed by atoms with E-state index in [4.69, 9.17) is 21.0 Å². The second-order valence-corrected chi connectivity index (χ2v) is 8.44. The van der Waals surface area contributed by atoms with Gasteiger partial charge in [0.05, 0.1) is 13.0 Å². The van der Waals surface area contributed by atoms with Gasteiger partial charge in [-0.1, -0.05) is 30.2 Å². The molecule has 1 saturated heterocycles. The van der Waals surface area contributed by atoms with Crippen LogP contribution in [0.3, 0.4) is 0 Å². The lowest BCUT2D eigenvalue weighted by Crippen LogP contribution is -2.52. The summed E-state index contributed by atoms with van der Waals surface area (Å²) in [4.78, 5) is 10.6. The van der Waals surface area contributed by atoms with Crippen molar-refractivity contribution in [2.45, 2.75) is 42.7 Å². The molecule has 2 aromatic rings. The number of terminal acetylenes is 1. The van der Waals surface area contributed by atoms with E-state index in [0.29, 0.717) is 23.3 Å². The molecular formula is C24H26O7S. The number of aliphatic hydroxyl groups is 3. The fraction of sp³-hybridized carbons (Fsp3) is 0.375. The van der Waals surface area contributed by atoms with E-state index in [9.17, 15) is 20.1 Å². The summed E-state index contributed by atoms with van der Waals surface area (Å²) in [6.07, 6.45) is 3.29. The summed E-state index contributed by atoms with van der Waals surface area (Å²) in [5, 5.41) is 39.5. The van der Waals surface area contributed by atoms with Crippen LogP contribution in [0.2, 0.25) is 0 Å². The molecule has 0 spiro atoms. The van der Waals surface area contributed by atoms with Crippen molar-refractivity contribution in [3.63, 3.8) is 0 Å². The topological polar surface area (TPSA) is 116 Å². The Bertz CT molecular complexity index is 967. The van der Waals surface area contributed by atoms with Crippen molar-refractivity contribution in [2.24, 2.45) is 0 Å². The van der Waals surface area contributed by atoms with Crippen LogP contribution in [-0.4, -0.2) is 63.0 Å². The minimum Gasteiger partial charge on any atom is -0.493 e. The molecule has 8 heteroatoms. The van der Waals surface area contributed by atoms with Crippen LogP contribution in [-0.2, 0) is 16.0 Å². The smallest absolute Gasteiger partial charge is 0.306 e. The summed E-state index contributed by atoms with van der Waals surface area (Å²) < 4.78 is 11.3. The standard InChI is InChI=1S/C24H26O7S/c1-3-15-6-7-16(23-21(28)20(27)22(29)24(31-23)32-2)13-17(15)12-14-4-8-18(9-5-14)30-11-10-19(25)26/h1,4-9,13,20-24,27-29H,10-12H2,2H3,(H,25,26)/t20-,21-,22+,23+,24-/m1/s1. The third-order valence-electron chi connectivity index (χ3n) is 5.32. The SMILES string of the molecule is C#Cc1ccc([C@@H]2O[C@H](SC)[C@@H](O)[C@H](O)[C@H]2O)cc1Cc1ccc(OCCC(=O)O)cc1. The Morgan fingerprint density at radius 3 is 2.47 bits per heavy atom. The molecule has 0 unspecified atom stereocenters. The lowest BCUT2D eigenvalue weighted by atomic mass is 9.91. The molecule has 1 heterocycles. The monoisotopic (exact) mass is 458 g/mol. The van der Waals surface area contributed by atoms with Crippen molar-refractivity contribution in [3.05, 3.63) is 64.7 Å². The number of hydrogen-bond acceptors (Lipinski definition) is 7. The fourth-order valence-electron chi connectivity index (χ4n) is 3.58. The first-order chi connectivity index (χ1) is 15.3. The molecule has 7 nitrogen and oxygen atoms in total. The Balaban J connectivity index is 1.78. The highest BCUT2D eigenvalue weighted by molar-refractivity contribution is 7.99. The summed E-state index contributed by atoms with van der Waals surface area (Å²) in [7, 11) is 0. The second-order valence-electron chi connectivity index (χ2n) is 7.51. The molecule has 170 valence electrons. The maximum absolute atomic E-state index is 10.6. The molecule has 32 heavy (non-hydrogen) atoms. The largest absolute Gasteiger partial charge is 0.493 e. The molecule has 1 aliphatic rings. The maximum Gasteiger partial charge on any atom is 0.306 e. The zero-order valence-corrected chi connectivity index (χ0v) is 18.4. The summed E-state index contributed by atoms with van der Waals surface area (Å²) >= 11 is 1.26. The highest BCUT2D eigenvalue weighted by atomic mass is 32.2. The first-order valence-corrected chi connectivity index (χ1v) is 11.4. The molecule has 0 radical (unpaired) electrons. The van der Waals surface area contributed by atoms with E-state index < -0.39 is 35.8 Å². The zero-order valence-electron chi connectivity index (χ0n) is 17.5. The molecule has 0 bridgehead atoms. The van der Waals surface area contributed by atoms with Crippen molar-refractivity contribution in [3.8, 4) is 18.1 Å². The van der Waals surface area contributed by atoms with E-state index >= 15 is 0 Å². The van der Waals surface area contributed by atoms with Gasteiger partial charge in [-0.15, -0.1) is 18.2 Å². The van der Waals surface area contributed by atoms with Gasteiger partial charge >= 0.3 is 5.97 Å². The normalized spacial score (nSPS) is 25.2. The molecule has 0 saturated carbocycles. The van der Waals surface area contributed by atoms with Crippen LogP contribution in [0.5, 0.6) is 5.75 Å². The van der Waals surface area contributed by atoms with E-state index in [1.165, 1.54) is 11.8 Å². The Morgan fingerprint density at radius 2 is 1.84 bits per heavy atom. The van der Waals surface area contributed by atoms with E-state index in [1.807, 2.05) is 18.2 Å². The van der Waals surface area contributed by atoms with Gasteiger partial charge in [0.15, 0.2) is 0 Å². The first kappa shape index (κ1) is 24.1. The predicted octanol–water partition coefficient (Wildman–Crippen LogP) is 1.96. The summed E-state index contributed by atoms with van der Waals surface area (Å²) in [6.45, 7) is 0.0965. The lowest BCUT2D eigenvalue weighted by molar-refractivity contribution is -0.200. The molecule has 5 atom stereocenters. The molecule has 4 N–H and O–H groups in total. The van der Waals surface area contributed by atoms with Gasteiger partial charge in [0, 0.05) is 5.56 Å². The van der Waals surface area contributed by atoms with Gasteiger partial charge in [-0.2, -0.15) is 0 Å². The van der Waals surface area contributed by atoms with Crippen molar-refractivity contribution < 1.29 is 34.7 Å². The number of aliphatic hydroxyl groups excluding tert-OH is 3. The molecular weight excluding hydrogens is 432 g/mol. The van der Waals surface area contributed by atoms with Crippen LogP contribution >= 0.6 is 11.8 Å². The molecule has 0 amide bonds. The average Bonchev–Trinajstić information content (AvgIpc) is 2.79. The Morgan fingerprint density at radius 1 is 1.12 bits per heavy atom. The van der Waals surface area contributed by atoms with Gasteiger partial charge in [0.1, 0.15) is 35.6 Å². The van der Waals surface area contributed by atoms with E-state index in [-0.39, 0.29) is 13.0 Å². The first-order valence-electron chi connectivity index (χ1n) is 10.1. The highest BCUT2D eigenvalue weighted by Gasteiger charge is 2.44. The highest BCUT2D eigenvalue weighted by Crippen LogP contribution is 2.36. The van der Waals surface area contributed by atoms with E-state index in [0.717, 1.165) is 11.1 Å². The number of carboxylic acid groups (broad SMARTS) is 1. The van der Waals surface area contributed by atoms with Crippen molar-refractivity contribution in [2.75, 3.05) is 12.9 Å². The summed E-state index contributed by atoms with van der Waals surface area (Å²) in [5.41, 5.74) is 2.50. The van der Waals surface area contributed by atoms with Crippen LogP contribution in [0.25, 0.3) is 0 Å². The third kappa shape index (κ3) is 5.63. The van der Waals surface area contributed by atoms with Gasteiger partial charge < -0.3 is 29.9 Å². The number of carboxylic acids is 1. The minimum absolute atomic E-state index is 0.0711. The number of hydrogen-bond donors (Lipinski definition) is 4. The quantitative estimate of drug-likeness (QED) is 0.444. The second kappa shape index (κ2) is 10.9. The Labute approximate surface area is 191 Å². The molecule has 1 aliphatic heterocycles. The van der Waals surface area contributed by atoms with Crippen LogP contribution in [0.15, 0.2) is 42.5 Å². The molecule has 3 rings (SSSR count). The van der Waals surface area contributed by atoms with Gasteiger partial charge in [0.25, 0.3) is 0 Å². The van der Waals surface area contributed by atoms with Crippen LogP contribution in [0.1, 0.15) is 34.8 Å². The van der Waals surface area contributed by atoms with Crippen LogP contribution in [0.4, 0.5) is 0 Å². The Kier molecular flexibility index (Phi) is 8.18. The van der Waals surface area contributed by atoms with Crippen LogP contribution < -0.4 is 4.74 Å². The Hall–Kier alpha value is -2.54. The van der Waals surface area contributed by atoms with Gasteiger partial charge in [-0.25, -0.2) is 0 Å². The molecule has 0 aliphatic carbocycles. The number of benzene rings is 2. The molecule has 1 fully saturated rings. The van der Waals surface area contributed by atoms with E-state index in [1.54, 1.807) is 30.5 Å². The molecule has 0 aromatic heterocycles. The van der Waals surface area contributed by atoms with Gasteiger partial charge in [0.2, 0.25) is 0 Å². The summed E-state index contributed by atoms with van der Waals surface area (Å²) in [6, 6.07) is 12.7. The predicted molar refractivity (Wildman–Crippen MR) is 121 cm³/mol. The lowest BCUT2D eigenvalue weighted by Gasteiger charge is -2.40. The van der Waals surface area contributed by atoms with Crippen molar-refractivity contribution >= 4 is 17.7 Å². The van der Waals surface area contributed by atoms with Gasteiger partial charge in [-0.3, -0.25) is 4.79 Å². The number of ether oxygens (including phenoxy) is 2. The minimum atomic E-state index is -1.32. The molecule has 2 aromatic carbocycles.